The Morgan fingerprint density at radius 3 is 2.42 bits per heavy atom. The molecule has 3 heterocycles. The molecule has 8 heteroatoms. The largest absolute Gasteiger partial charge is 0.356 e. The van der Waals surface area contributed by atoms with Crippen LogP contribution in [0.25, 0.3) is 11.3 Å². The normalized spacial score (nSPS) is 13.0. The van der Waals surface area contributed by atoms with Crippen LogP contribution in [0.2, 0.25) is 0 Å². The fourth-order valence-electron chi connectivity index (χ4n) is 4.00. The molecule has 0 saturated heterocycles. The number of anilines is 2. The third-order valence-corrected chi connectivity index (χ3v) is 5.60. The van der Waals surface area contributed by atoms with E-state index in [2.05, 4.69) is 20.4 Å². The van der Waals surface area contributed by atoms with E-state index in [0.29, 0.717) is 36.8 Å². The van der Waals surface area contributed by atoms with Crippen LogP contribution in [-0.4, -0.2) is 32.5 Å². The van der Waals surface area contributed by atoms with Crippen molar-refractivity contribution in [3.8, 4) is 11.3 Å². The summed E-state index contributed by atoms with van der Waals surface area (Å²) in [5.41, 5.74) is 5.60. The summed E-state index contributed by atoms with van der Waals surface area (Å²) in [5.74, 6) is 0.721. The van der Waals surface area contributed by atoms with Crippen molar-refractivity contribution < 1.29 is 13.7 Å². The van der Waals surface area contributed by atoms with Gasteiger partial charge in [0, 0.05) is 46.7 Å². The summed E-state index contributed by atoms with van der Waals surface area (Å²) in [6.45, 7) is 4.78. The van der Waals surface area contributed by atoms with Gasteiger partial charge in [-0.15, -0.1) is 0 Å². The molecule has 4 aromatic rings. The average molecular weight is 443 g/mol. The molecule has 1 amide bonds. The number of aromatic nitrogens is 3. The van der Waals surface area contributed by atoms with Crippen LogP contribution in [-0.2, 0) is 13.0 Å². The average Bonchev–Trinajstić information content (AvgIpc) is 3.22. The number of nitrogens with zero attached hydrogens (tertiary/aromatic N) is 4. The lowest BCUT2D eigenvalue weighted by atomic mass is 10.0. The number of nitrogens with one attached hydrogen (secondary N) is 1. The van der Waals surface area contributed by atoms with Gasteiger partial charge in [-0.25, -0.2) is 14.4 Å². The van der Waals surface area contributed by atoms with Gasteiger partial charge in [0.25, 0.3) is 5.91 Å². The highest BCUT2D eigenvalue weighted by atomic mass is 19.1. The molecular formula is C25H22FN5O2. The number of halogens is 1. The number of rotatable bonds is 4. The number of aryl methyl sites for hydroxylation is 2. The van der Waals surface area contributed by atoms with Crippen LogP contribution >= 0.6 is 0 Å². The van der Waals surface area contributed by atoms with Gasteiger partial charge in [-0.2, -0.15) is 0 Å². The maximum atomic E-state index is 13.3. The van der Waals surface area contributed by atoms with Crippen molar-refractivity contribution in [3.05, 3.63) is 88.6 Å². The van der Waals surface area contributed by atoms with Gasteiger partial charge in [0.15, 0.2) is 5.76 Å². The van der Waals surface area contributed by atoms with Gasteiger partial charge in [0.05, 0.1) is 12.2 Å². The van der Waals surface area contributed by atoms with Crippen molar-refractivity contribution >= 4 is 17.5 Å². The van der Waals surface area contributed by atoms with Gasteiger partial charge in [0.2, 0.25) is 5.95 Å². The van der Waals surface area contributed by atoms with Crippen LogP contribution in [0, 0.1) is 19.7 Å². The molecule has 1 aliphatic heterocycles. The summed E-state index contributed by atoms with van der Waals surface area (Å²) < 4.78 is 18.8. The van der Waals surface area contributed by atoms with Gasteiger partial charge in [-0.1, -0.05) is 5.16 Å². The Labute approximate surface area is 190 Å². The highest BCUT2D eigenvalue weighted by molar-refractivity contribution is 5.94. The Morgan fingerprint density at radius 1 is 1.03 bits per heavy atom. The second-order valence-corrected chi connectivity index (χ2v) is 8.10. The molecule has 1 aliphatic rings. The van der Waals surface area contributed by atoms with E-state index in [1.165, 1.54) is 12.1 Å². The third kappa shape index (κ3) is 4.32. The maximum absolute atomic E-state index is 13.3. The molecule has 5 rings (SSSR count). The van der Waals surface area contributed by atoms with E-state index in [9.17, 15) is 9.18 Å². The van der Waals surface area contributed by atoms with Crippen molar-refractivity contribution in [2.24, 2.45) is 0 Å². The minimum absolute atomic E-state index is 0.0684. The topological polar surface area (TPSA) is 84.2 Å². The van der Waals surface area contributed by atoms with Crippen molar-refractivity contribution in [3.63, 3.8) is 0 Å². The molecule has 0 aliphatic carbocycles. The van der Waals surface area contributed by atoms with E-state index in [1.54, 1.807) is 29.2 Å². The molecule has 0 radical (unpaired) electrons. The lowest BCUT2D eigenvalue weighted by molar-refractivity contribution is 0.0734. The molecule has 1 N–H and O–H groups in total. The summed E-state index contributed by atoms with van der Waals surface area (Å²) in [7, 11) is 0. The molecule has 2 aromatic carbocycles. The SMILES string of the molecule is Cc1cc(C)nc(Nc2ccc(C(=O)N3CCc4noc(-c5ccc(F)cc5)c4C3)cc2)n1. The first kappa shape index (κ1) is 20.8. The molecule has 33 heavy (non-hydrogen) atoms. The van der Waals surface area contributed by atoms with Crippen LogP contribution in [0.1, 0.15) is 33.0 Å². The fourth-order valence-corrected chi connectivity index (χ4v) is 4.00. The number of hydrogen-bond donors (Lipinski definition) is 1. The first-order valence-electron chi connectivity index (χ1n) is 10.7. The van der Waals surface area contributed by atoms with E-state index in [1.807, 2.05) is 32.0 Å². The predicted molar refractivity (Wildman–Crippen MR) is 122 cm³/mol. The van der Waals surface area contributed by atoms with Crippen molar-refractivity contribution in [1.82, 2.24) is 20.0 Å². The zero-order chi connectivity index (χ0) is 22.9. The van der Waals surface area contributed by atoms with Gasteiger partial charge in [0.1, 0.15) is 5.82 Å². The molecule has 166 valence electrons. The van der Waals surface area contributed by atoms with Crippen molar-refractivity contribution in [2.45, 2.75) is 26.8 Å². The van der Waals surface area contributed by atoms with E-state index in [0.717, 1.165) is 33.9 Å². The Morgan fingerprint density at radius 2 is 1.73 bits per heavy atom. The second kappa shape index (κ2) is 8.46. The summed E-state index contributed by atoms with van der Waals surface area (Å²) in [4.78, 5) is 23.7. The number of benzene rings is 2. The molecule has 0 unspecified atom stereocenters. The number of hydrogen-bond acceptors (Lipinski definition) is 6. The number of fused-ring (bicyclic) bond motifs is 1. The van der Waals surface area contributed by atoms with Crippen LogP contribution in [0.3, 0.4) is 0 Å². The molecule has 0 spiro atoms. The Hall–Kier alpha value is -4.07. The quantitative estimate of drug-likeness (QED) is 0.486. The number of carbonyl (C=O) groups is 1. The fraction of sp³-hybridized carbons (Fsp3) is 0.200. The highest BCUT2D eigenvalue weighted by Crippen LogP contribution is 2.31. The first-order chi connectivity index (χ1) is 16.0. The molecule has 0 fully saturated rings. The first-order valence-corrected chi connectivity index (χ1v) is 10.7. The maximum Gasteiger partial charge on any atom is 0.254 e. The standard InChI is InChI=1S/C25H22FN5O2/c1-15-13-16(2)28-25(27-15)29-20-9-5-18(6-10-20)24(32)31-12-11-22-21(14-31)23(33-30-22)17-3-7-19(26)8-4-17/h3-10,13H,11-12,14H2,1-2H3,(H,27,28,29). The van der Waals surface area contributed by atoms with Gasteiger partial charge < -0.3 is 14.7 Å². The summed E-state index contributed by atoms with van der Waals surface area (Å²) in [6, 6.07) is 15.2. The third-order valence-electron chi connectivity index (χ3n) is 5.60. The van der Waals surface area contributed by atoms with E-state index in [-0.39, 0.29) is 11.7 Å². The van der Waals surface area contributed by atoms with E-state index < -0.39 is 0 Å². The zero-order valence-corrected chi connectivity index (χ0v) is 18.3. The summed E-state index contributed by atoms with van der Waals surface area (Å²) >= 11 is 0. The van der Waals surface area contributed by atoms with E-state index in [4.69, 9.17) is 4.52 Å². The van der Waals surface area contributed by atoms with Crippen LogP contribution < -0.4 is 5.32 Å². The second-order valence-electron chi connectivity index (χ2n) is 8.10. The van der Waals surface area contributed by atoms with E-state index >= 15 is 0 Å². The van der Waals surface area contributed by atoms with Gasteiger partial charge in [-0.05, 0) is 68.4 Å². The highest BCUT2D eigenvalue weighted by Gasteiger charge is 2.28. The lowest BCUT2D eigenvalue weighted by Gasteiger charge is -2.26. The Balaban J connectivity index is 1.32. The summed E-state index contributed by atoms with van der Waals surface area (Å²) in [6.07, 6.45) is 0.607. The van der Waals surface area contributed by atoms with Crippen LogP contribution in [0.5, 0.6) is 0 Å². The molecule has 0 bridgehead atoms. The van der Waals surface area contributed by atoms with Crippen molar-refractivity contribution in [2.75, 3.05) is 11.9 Å². The van der Waals surface area contributed by atoms with Crippen molar-refractivity contribution in [1.29, 1.82) is 0 Å². The molecule has 0 atom stereocenters. The minimum Gasteiger partial charge on any atom is -0.356 e. The smallest absolute Gasteiger partial charge is 0.254 e. The van der Waals surface area contributed by atoms with Gasteiger partial charge in [-0.3, -0.25) is 4.79 Å². The van der Waals surface area contributed by atoms with Crippen LogP contribution in [0.15, 0.2) is 59.1 Å². The lowest BCUT2D eigenvalue weighted by Crippen LogP contribution is -2.35. The predicted octanol–water partition coefficient (Wildman–Crippen LogP) is 4.83. The molecule has 7 nitrogen and oxygen atoms in total. The number of carbonyl (C=O) groups excluding carboxylic acids is 1. The zero-order valence-electron chi connectivity index (χ0n) is 18.3. The molecular weight excluding hydrogens is 421 g/mol. The minimum atomic E-state index is -0.314. The number of amides is 1. The monoisotopic (exact) mass is 443 g/mol. The molecule has 0 saturated carbocycles. The van der Waals surface area contributed by atoms with Crippen LogP contribution in [0.4, 0.5) is 16.0 Å². The molecule has 2 aromatic heterocycles. The summed E-state index contributed by atoms with van der Waals surface area (Å²) in [5, 5.41) is 7.33. The Bertz CT molecular complexity index is 1300. The Kier molecular flexibility index (Phi) is 5.34. The van der Waals surface area contributed by atoms with Gasteiger partial charge >= 0.3 is 0 Å².